The Bertz CT molecular complexity index is 506. The summed E-state index contributed by atoms with van der Waals surface area (Å²) < 4.78 is 0. The molecule has 0 unspecified atom stereocenters. The molecule has 1 aromatic carbocycles. The lowest BCUT2D eigenvalue weighted by Gasteiger charge is -1.97. The summed E-state index contributed by atoms with van der Waals surface area (Å²) in [5.74, 6) is 0.990. The Hall–Kier alpha value is -1.57. The second-order valence-electron chi connectivity index (χ2n) is 3.46. The van der Waals surface area contributed by atoms with Crippen molar-refractivity contribution in [2.75, 3.05) is 0 Å². The van der Waals surface area contributed by atoms with Gasteiger partial charge in [0.25, 0.3) is 0 Å². The number of nitrogens with one attached hydrogen (secondary N) is 1. The first-order valence-electron chi connectivity index (χ1n) is 4.49. The average Bonchev–Trinajstić information content (AvgIpc) is 2.65. The molecule has 0 atom stereocenters. The highest BCUT2D eigenvalue weighted by atomic mass is 14.9. The minimum Gasteiger partial charge on any atom is -0.342 e. The molecule has 0 radical (unpaired) electrons. The number of fused-ring (bicyclic) bond motifs is 3. The summed E-state index contributed by atoms with van der Waals surface area (Å²) in [6.45, 7) is 1.99. The van der Waals surface area contributed by atoms with Crippen molar-refractivity contribution < 1.29 is 0 Å². The minimum atomic E-state index is 0.990. The van der Waals surface area contributed by atoms with E-state index in [1.165, 1.54) is 16.6 Å². The number of nitrogens with zero attached hydrogens (tertiary/aromatic N) is 1. The molecule has 1 aliphatic rings. The lowest BCUT2D eigenvalue weighted by molar-refractivity contribution is 1.17. The zero-order chi connectivity index (χ0) is 8.84. The molecule has 0 aliphatic heterocycles. The Morgan fingerprint density at radius 1 is 1.38 bits per heavy atom. The summed E-state index contributed by atoms with van der Waals surface area (Å²) in [5, 5.41) is 0. The van der Waals surface area contributed by atoms with Crippen LogP contribution in [0.4, 0.5) is 0 Å². The SMILES string of the molecule is Cc1nc2ccc3c(c2[nH]1)C=CC3. The number of aryl methyl sites for hydroxylation is 1. The second-order valence-corrected chi connectivity index (χ2v) is 3.46. The van der Waals surface area contributed by atoms with Crippen LogP contribution in [-0.4, -0.2) is 9.97 Å². The van der Waals surface area contributed by atoms with Crippen molar-refractivity contribution in [1.29, 1.82) is 0 Å². The number of imidazole rings is 1. The first-order chi connectivity index (χ1) is 6.34. The predicted molar refractivity (Wildman–Crippen MR) is 53.6 cm³/mol. The molecular formula is C11H10N2. The highest BCUT2D eigenvalue weighted by molar-refractivity contribution is 5.88. The van der Waals surface area contributed by atoms with Crippen molar-refractivity contribution in [1.82, 2.24) is 9.97 Å². The van der Waals surface area contributed by atoms with Crippen LogP contribution in [0.5, 0.6) is 0 Å². The molecule has 1 N–H and O–H groups in total. The fraction of sp³-hybridized carbons (Fsp3) is 0.182. The lowest BCUT2D eigenvalue weighted by atomic mass is 10.1. The van der Waals surface area contributed by atoms with Gasteiger partial charge in [-0.3, -0.25) is 0 Å². The molecule has 13 heavy (non-hydrogen) atoms. The van der Waals surface area contributed by atoms with Crippen molar-refractivity contribution in [3.63, 3.8) is 0 Å². The Labute approximate surface area is 76.3 Å². The molecule has 3 rings (SSSR count). The van der Waals surface area contributed by atoms with Gasteiger partial charge in [0.2, 0.25) is 0 Å². The van der Waals surface area contributed by atoms with Gasteiger partial charge in [0.1, 0.15) is 5.82 Å². The van der Waals surface area contributed by atoms with Crippen LogP contribution in [0.15, 0.2) is 18.2 Å². The monoisotopic (exact) mass is 170 g/mol. The third-order valence-corrected chi connectivity index (χ3v) is 2.53. The number of rotatable bonds is 0. The molecule has 0 spiro atoms. The van der Waals surface area contributed by atoms with E-state index in [0.29, 0.717) is 0 Å². The van der Waals surface area contributed by atoms with E-state index in [2.05, 4.69) is 34.3 Å². The average molecular weight is 170 g/mol. The smallest absolute Gasteiger partial charge is 0.104 e. The van der Waals surface area contributed by atoms with Gasteiger partial charge in [0.05, 0.1) is 11.0 Å². The Morgan fingerprint density at radius 2 is 2.31 bits per heavy atom. The number of hydrogen-bond donors (Lipinski definition) is 1. The van der Waals surface area contributed by atoms with Gasteiger partial charge < -0.3 is 4.98 Å². The molecule has 0 bridgehead atoms. The van der Waals surface area contributed by atoms with Crippen molar-refractivity contribution in [3.8, 4) is 0 Å². The molecule has 1 aromatic heterocycles. The Kier molecular flexibility index (Phi) is 1.18. The number of aromatic nitrogens is 2. The van der Waals surface area contributed by atoms with Crippen LogP contribution in [0.3, 0.4) is 0 Å². The maximum absolute atomic E-state index is 4.40. The zero-order valence-corrected chi connectivity index (χ0v) is 7.46. The van der Waals surface area contributed by atoms with Crippen molar-refractivity contribution in [3.05, 3.63) is 35.2 Å². The number of hydrogen-bond acceptors (Lipinski definition) is 1. The number of allylic oxidation sites excluding steroid dienone is 1. The molecule has 0 saturated carbocycles. The maximum Gasteiger partial charge on any atom is 0.104 e. The fourth-order valence-electron chi connectivity index (χ4n) is 1.94. The van der Waals surface area contributed by atoms with Crippen LogP contribution in [0, 0.1) is 6.92 Å². The minimum absolute atomic E-state index is 0.990. The van der Waals surface area contributed by atoms with Crippen molar-refractivity contribution in [2.45, 2.75) is 13.3 Å². The molecule has 1 heterocycles. The number of benzene rings is 1. The molecule has 0 fully saturated rings. The van der Waals surface area contributed by atoms with Crippen LogP contribution in [0.2, 0.25) is 0 Å². The molecule has 64 valence electrons. The first kappa shape index (κ1) is 6.89. The van der Waals surface area contributed by atoms with Crippen LogP contribution < -0.4 is 0 Å². The summed E-state index contributed by atoms with van der Waals surface area (Å²) in [6.07, 6.45) is 5.43. The summed E-state index contributed by atoms with van der Waals surface area (Å²) in [7, 11) is 0. The maximum atomic E-state index is 4.40. The van der Waals surface area contributed by atoms with Crippen LogP contribution in [-0.2, 0) is 6.42 Å². The lowest BCUT2D eigenvalue weighted by Crippen LogP contribution is -1.82. The highest BCUT2D eigenvalue weighted by Gasteiger charge is 2.10. The van der Waals surface area contributed by atoms with E-state index < -0.39 is 0 Å². The summed E-state index contributed by atoms with van der Waals surface area (Å²) in [6, 6.07) is 4.25. The zero-order valence-electron chi connectivity index (χ0n) is 7.46. The van der Waals surface area contributed by atoms with E-state index >= 15 is 0 Å². The van der Waals surface area contributed by atoms with Gasteiger partial charge in [-0.05, 0) is 25.0 Å². The van der Waals surface area contributed by atoms with Gasteiger partial charge in [0.15, 0.2) is 0 Å². The summed E-state index contributed by atoms with van der Waals surface area (Å²) in [4.78, 5) is 7.70. The molecule has 0 saturated heterocycles. The van der Waals surface area contributed by atoms with Gasteiger partial charge in [-0.15, -0.1) is 0 Å². The summed E-state index contributed by atoms with van der Waals surface area (Å²) in [5.41, 5.74) is 4.97. The third-order valence-electron chi connectivity index (χ3n) is 2.53. The predicted octanol–water partition coefficient (Wildman–Crippen LogP) is 2.44. The number of aromatic amines is 1. The van der Waals surface area contributed by atoms with E-state index in [1.807, 2.05) is 6.92 Å². The van der Waals surface area contributed by atoms with E-state index in [4.69, 9.17) is 0 Å². The van der Waals surface area contributed by atoms with Gasteiger partial charge in [-0.25, -0.2) is 4.98 Å². The fourth-order valence-corrected chi connectivity index (χ4v) is 1.94. The molecule has 2 aromatic rings. The molecule has 2 heteroatoms. The van der Waals surface area contributed by atoms with E-state index in [-0.39, 0.29) is 0 Å². The van der Waals surface area contributed by atoms with Crippen LogP contribution >= 0.6 is 0 Å². The quantitative estimate of drug-likeness (QED) is 0.646. The third kappa shape index (κ3) is 0.856. The van der Waals surface area contributed by atoms with Gasteiger partial charge in [0, 0.05) is 5.56 Å². The summed E-state index contributed by atoms with van der Waals surface area (Å²) >= 11 is 0. The normalized spacial score (nSPS) is 13.9. The first-order valence-corrected chi connectivity index (χ1v) is 4.49. The van der Waals surface area contributed by atoms with E-state index in [1.54, 1.807) is 0 Å². The van der Waals surface area contributed by atoms with Crippen molar-refractivity contribution in [2.24, 2.45) is 0 Å². The van der Waals surface area contributed by atoms with Gasteiger partial charge >= 0.3 is 0 Å². The Balaban J connectivity index is 2.48. The Morgan fingerprint density at radius 3 is 3.23 bits per heavy atom. The highest BCUT2D eigenvalue weighted by Crippen LogP contribution is 2.26. The van der Waals surface area contributed by atoms with E-state index in [9.17, 15) is 0 Å². The molecule has 2 nitrogen and oxygen atoms in total. The van der Waals surface area contributed by atoms with Gasteiger partial charge in [-0.2, -0.15) is 0 Å². The topological polar surface area (TPSA) is 28.7 Å². The van der Waals surface area contributed by atoms with Crippen molar-refractivity contribution >= 4 is 17.1 Å². The number of H-pyrrole nitrogens is 1. The van der Waals surface area contributed by atoms with Gasteiger partial charge in [-0.1, -0.05) is 18.2 Å². The largest absolute Gasteiger partial charge is 0.342 e. The second kappa shape index (κ2) is 2.22. The standard InChI is InChI=1S/C11H10N2/c1-7-12-10-6-5-8-3-2-4-9(8)11(10)13-7/h2,4-6H,3H2,1H3,(H,12,13). The molecular weight excluding hydrogens is 160 g/mol. The molecule has 1 aliphatic carbocycles. The molecule has 0 amide bonds. The van der Waals surface area contributed by atoms with Crippen LogP contribution in [0.25, 0.3) is 17.1 Å². The van der Waals surface area contributed by atoms with Crippen LogP contribution in [0.1, 0.15) is 17.0 Å². The van der Waals surface area contributed by atoms with E-state index in [0.717, 1.165) is 17.8 Å².